The van der Waals surface area contributed by atoms with E-state index in [0.29, 0.717) is 6.04 Å². The predicted molar refractivity (Wildman–Crippen MR) is 92.6 cm³/mol. The minimum atomic E-state index is -0.441. The van der Waals surface area contributed by atoms with Crippen LogP contribution in [-0.4, -0.2) is 54.1 Å². The molecular formula is C17H30N4O2. The summed E-state index contributed by atoms with van der Waals surface area (Å²) in [6.07, 6.45) is 6.61. The highest BCUT2D eigenvalue weighted by Crippen LogP contribution is 2.22. The van der Waals surface area contributed by atoms with Crippen LogP contribution in [0.2, 0.25) is 0 Å². The van der Waals surface area contributed by atoms with Gasteiger partial charge in [0.1, 0.15) is 11.3 Å². The summed E-state index contributed by atoms with van der Waals surface area (Å²) in [5.74, 6) is 0. The number of nitrogens with zero attached hydrogens (tertiary/aromatic N) is 2. The molecule has 0 aromatic carbocycles. The molecule has 6 nitrogen and oxygen atoms in total. The fourth-order valence-corrected chi connectivity index (χ4v) is 2.99. The van der Waals surface area contributed by atoms with E-state index in [1.54, 1.807) is 4.90 Å². The number of ether oxygens (including phenoxy) is 1. The Morgan fingerprint density at radius 2 is 2.09 bits per heavy atom. The van der Waals surface area contributed by atoms with E-state index in [0.717, 1.165) is 32.4 Å². The Morgan fingerprint density at radius 1 is 1.43 bits per heavy atom. The molecule has 23 heavy (non-hydrogen) atoms. The molecule has 2 rings (SSSR count). The lowest BCUT2D eigenvalue weighted by atomic mass is 9.94. The van der Waals surface area contributed by atoms with Crippen molar-refractivity contribution < 1.29 is 9.53 Å². The fraction of sp³-hybridized carbons (Fsp3) is 0.765. The molecule has 0 radical (unpaired) electrons. The molecule has 2 unspecified atom stereocenters. The molecular weight excluding hydrogens is 292 g/mol. The summed E-state index contributed by atoms with van der Waals surface area (Å²) in [5, 5.41) is 6.96. The number of rotatable bonds is 3. The minimum absolute atomic E-state index is 0.211. The summed E-state index contributed by atoms with van der Waals surface area (Å²) in [4.78, 5) is 18.2. The van der Waals surface area contributed by atoms with E-state index in [-0.39, 0.29) is 17.8 Å². The van der Waals surface area contributed by atoms with E-state index >= 15 is 0 Å². The van der Waals surface area contributed by atoms with Gasteiger partial charge in [-0.25, -0.2) is 4.79 Å². The Labute approximate surface area is 139 Å². The zero-order chi connectivity index (χ0) is 17.1. The molecule has 2 N–H and O–H groups in total. The number of aliphatic imine (C=N–C) groups is 1. The van der Waals surface area contributed by atoms with Crippen molar-refractivity contribution in [3.05, 3.63) is 12.3 Å². The number of likely N-dealkylation sites (tertiary alicyclic amines) is 1. The Balaban J connectivity index is 1.84. The third kappa shape index (κ3) is 4.70. The van der Waals surface area contributed by atoms with Crippen molar-refractivity contribution in [2.24, 2.45) is 4.99 Å². The molecule has 1 fully saturated rings. The van der Waals surface area contributed by atoms with Crippen LogP contribution in [0.1, 0.15) is 47.0 Å². The van der Waals surface area contributed by atoms with E-state index in [1.807, 2.05) is 27.0 Å². The van der Waals surface area contributed by atoms with Gasteiger partial charge < -0.3 is 20.3 Å². The first-order chi connectivity index (χ1) is 10.7. The maximum absolute atomic E-state index is 12.1. The van der Waals surface area contributed by atoms with Crippen LogP contribution in [0.5, 0.6) is 0 Å². The normalized spacial score (nSPS) is 29.0. The first kappa shape index (κ1) is 17.8. The van der Waals surface area contributed by atoms with E-state index in [1.165, 1.54) is 0 Å². The molecule has 0 spiro atoms. The van der Waals surface area contributed by atoms with Gasteiger partial charge in [0, 0.05) is 19.1 Å². The van der Waals surface area contributed by atoms with Gasteiger partial charge >= 0.3 is 6.09 Å². The number of carbonyl (C=O) groups is 1. The summed E-state index contributed by atoms with van der Waals surface area (Å²) in [5.41, 5.74) is -0.819. The largest absolute Gasteiger partial charge is 0.444 e. The number of amides is 1. The summed E-state index contributed by atoms with van der Waals surface area (Å²) < 4.78 is 5.44. The second-order valence-corrected chi connectivity index (χ2v) is 7.55. The van der Waals surface area contributed by atoms with Crippen molar-refractivity contribution in [1.29, 1.82) is 0 Å². The van der Waals surface area contributed by atoms with Crippen molar-refractivity contribution in [3.8, 4) is 0 Å². The average Bonchev–Trinajstić information content (AvgIpc) is 2.49. The van der Waals surface area contributed by atoms with Crippen molar-refractivity contribution >= 4 is 12.8 Å². The molecule has 0 aromatic rings. The molecule has 0 aromatic heterocycles. The van der Waals surface area contributed by atoms with Crippen LogP contribution in [0.4, 0.5) is 4.79 Å². The Morgan fingerprint density at radius 3 is 2.65 bits per heavy atom. The first-order valence-corrected chi connectivity index (χ1v) is 8.38. The molecule has 2 atom stereocenters. The SMILES string of the molecule is C=NC1(C)NC=CCC1NC1CCN(C(=O)OC(C)(C)C)CC1. The highest BCUT2D eigenvalue weighted by atomic mass is 16.6. The minimum Gasteiger partial charge on any atom is -0.444 e. The Kier molecular flexibility index (Phi) is 5.34. The number of carbonyl (C=O) groups excluding carboxylic acids is 1. The van der Waals surface area contributed by atoms with Crippen LogP contribution in [0.25, 0.3) is 0 Å². The summed E-state index contributed by atoms with van der Waals surface area (Å²) in [6, 6.07) is 0.594. The maximum Gasteiger partial charge on any atom is 0.410 e. The lowest BCUT2D eigenvalue weighted by molar-refractivity contribution is 0.0192. The molecule has 2 aliphatic heterocycles. The van der Waals surface area contributed by atoms with Crippen LogP contribution < -0.4 is 10.6 Å². The van der Waals surface area contributed by atoms with Crippen LogP contribution in [0.3, 0.4) is 0 Å². The predicted octanol–water partition coefficient (Wildman–Crippen LogP) is 2.27. The lowest BCUT2D eigenvalue weighted by Crippen LogP contribution is -2.60. The smallest absolute Gasteiger partial charge is 0.410 e. The summed E-state index contributed by atoms with van der Waals surface area (Å²) >= 11 is 0. The van der Waals surface area contributed by atoms with Gasteiger partial charge in [0.2, 0.25) is 0 Å². The van der Waals surface area contributed by atoms with E-state index in [2.05, 4.69) is 35.3 Å². The van der Waals surface area contributed by atoms with E-state index in [4.69, 9.17) is 4.74 Å². The topological polar surface area (TPSA) is 66.0 Å². The molecule has 2 heterocycles. The number of piperidine rings is 1. The summed E-state index contributed by atoms with van der Waals surface area (Å²) in [7, 11) is 0. The lowest BCUT2D eigenvalue weighted by Gasteiger charge is -2.41. The molecule has 6 heteroatoms. The average molecular weight is 322 g/mol. The van der Waals surface area contributed by atoms with Gasteiger partial charge in [0.05, 0.1) is 6.04 Å². The molecule has 1 amide bonds. The van der Waals surface area contributed by atoms with E-state index < -0.39 is 5.60 Å². The van der Waals surface area contributed by atoms with Gasteiger partial charge in [0.25, 0.3) is 0 Å². The van der Waals surface area contributed by atoms with Crippen LogP contribution >= 0.6 is 0 Å². The van der Waals surface area contributed by atoms with Crippen LogP contribution in [0, 0.1) is 0 Å². The molecule has 2 aliphatic rings. The zero-order valence-electron chi connectivity index (χ0n) is 14.8. The molecule has 0 bridgehead atoms. The molecule has 1 saturated heterocycles. The van der Waals surface area contributed by atoms with Crippen LogP contribution in [0.15, 0.2) is 17.3 Å². The Bertz CT molecular complexity index is 464. The van der Waals surface area contributed by atoms with Crippen molar-refractivity contribution in [1.82, 2.24) is 15.5 Å². The molecule has 130 valence electrons. The van der Waals surface area contributed by atoms with Gasteiger partial charge in [-0.1, -0.05) is 6.08 Å². The maximum atomic E-state index is 12.1. The third-order valence-electron chi connectivity index (χ3n) is 4.46. The van der Waals surface area contributed by atoms with Crippen LogP contribution in [-0.2, 0) is 4.74 Å². The standard InChI is InChI=1S/C17H30N4O2/c1-16(2,3)23-15(22)21-11-8-13(9-12-21)20-14-7-6-10-19-17(14,4)18-5/h6,10,13-14,19-20H,5,7-9,11-12H2,1-4H3. The molecule has 0 saturated carbocycles. The van der Waals surface area contributed by atoms with Gasteiger partial charge in [-0.15, -0.1) is 0 Å². The van der Waals surface area contributed by atoms with Gasteiger partial charge in [-0.2, -0.15) is 0 Å². The fourth-order valence-electron chi connectivity index (χ4n) is 2.99. The quantitative estimate of drug-likeness (QED) is 0.782. The van der Waals surface area contributed by atoms with Crippen molar-refractivity contribution in [2.75, 3.05) is 13.1 Å². The Hall–Kier alpha value is -1.56. The monoisotopic (exact) mass is 322 g/mol. The van der Waals surface area contributed by atoms with Crippen molar-refractivity contribution in [2.45, 2.75) is 70.3 Å². The number of hydrogen-bond acceptors (Lipinski definition) is 5. The van der Waals surface area contributed by atoms with Gasteiger partial charge in [-0.05, 0) is 59.9 Å². The third-order valence-corrected chi connectivity index (χ3v) is 4.46. The second-order valence-electron chi connectivity index (χ2n) is 7.55. The van der Waals surface area contributed by atoms with E-state index in [9.17, 15) is 4.79 Å². The second kappa shape index (κ2) is 6.91. The zero-order valence-corrected chi connectivity index (χ0v) is 14.8. The van der Waals surface area contributed by atoms with Gasteiger partial charge in [0.15, 0.2) is 0 Å². The first-order valence-electron chi connectivity index (χ1n) is 8.38. The highest BCUT2D eigenvalue weighted by molar-refractivity contribution is 5.68. The highest BCUT2D eigenvalue weighted by Gasteiger charge is 2.36. The van der Waals surface area contributed by atoms with Crippen molar-refractivity contribution in [3.63, 3.8) is 0 Å². The van der Waals surface area contributed by atoms with Gasteiger partial charge in [-0.3, -0.25) is 4.99 Å². The number of hydrogen-bond donors (Lipinski definition) is 2. The number of nitrogens with one attached hydrogen (secondary N) is 2. The molecule has 0 aliphatic carbocycles. The summed E-state index contributed by atoms with van der Waals surface area (Å²) in [6.45, 7) is 12.9.